The summed E-state index contributed by atoms with van der Waals surface area (Å²) in [6.45, 7) is 10.9. The molecule has 2 heteroatoms. The minimum Gasteiger partial charge on any atom is -0.313 e. The maximum absolute atomic E-state index is 3.79. The van der Waals surface area contributed by atoms with Crippen molar-refractivity contribution in [2.75, 3.05) is 19.6 Å². The molecule has 0 radical (unpaired) electrons. The van der Waals surface area contributed by atoms with E-state index in [1.165, 1.54) is 70.9 Å². The van der Waals surface area contributed by atoms with Crippen molar-refractivity contribution in [3.05, 3.63) is 0 Å². The second-order valence-electron chi connectivity index (χ2n) is 7.42. The van der Waals surface area contributed by atoms with Gasteiger partial charge < -0.3 is 5.32 Å². The molecule has 0 amide bonds. The molecule has 1 heterocycles. The summed E-state index contributed by atoms with van der Waals surface area (Å²) in [5, 5.41) is 3.79. The van der Waals surface area contributed by atoms with Gasteiger partial charge in [0.2, 0.25) is 0 Å². The largest absolute Gasteiger partial charge is 0.313 e. The third kappa shape index (κ3) is 4.21. The summed E-state index contributed by atoms with van der Waals surface area (Å²) in [6, 6.07) is 1.54. The lowest BCUT2D eigenvalue weighted by Crippen LogP contribution is -2.53. The Hall–Kier alpha value is -0.0800. The van der Waals surface area contributed by atoms with E-state index >= 15 is 0 Å². The van der Waals surface area contributed by atoms with Crippen LogP contribution in [-0.4, -0.2) is 36.6 Å². The summed E-state index contributed by atoms with van der Waals surface area (Å²) in [5.41, 5.74) is 0.617. The van der Waals surface area contributed by atoms with E-state index < -0.39 is 0 Å². The van der Waals surface area contributed by atoms with Gasteiger partial charge in [0, 0.05) is 12.1 Å². The number of piperidine rings is 1. The predicted octanol–water partition coefficient (Wildman–Crippen LogP) is 4.20. The van der Waals surface area contributed by atoms with E-state index in [4.69, 9.17) is 0 Å². The summed E-state index contributed by atoms with van der Waals surface area (Å²) < 4.78 is 0. The fourth-order valence-corrected chi connectivity index (χ4v) is 4.15. The molecule has 2 atom stereocenters. The minimum absolute atomic E-state index is 0.617. The number of likely N-dealkylation sites (N-methyl/N-ethyl adjacent to an activating group) is 1. The monoisotopic (exact) mass is 280 g/mol. The van der Waals surface area contributed by atoms with Gasteiger partial charge in [0.25, 0.3) is 0 Å². The van der Waals surface area contributed by atoms with Crippen molar-refractivity contribution in [3.8, 4) is 0 Å². The standard InChI is InChI=1S/C18H36N2/c1-4-18(3)12-14-20(15-13-18)17-11-9-7-6-8-10-16(17)19-5-2/h16-17,19H,4-15H2,1-3H3. The van der Waals surface area contributed by atoms with E-state index in [1.807, 2.05) is 0 Å². The Morgan fingerprint density at radius 3 is 2.25 bits per heavy atom. The molecule has 1 aliphatic heterocycles. The van der Waals surface area contributed by atoms with Crippen LogP contribution >= 0.6 is 0 Å². The molecule has 0 aromatic carbocycles. The van der Waals surface area contributed by atoms with Crippen LogP contribution in [0.25, 0.3) is 0 Å². The van der Waals surface area contributed by atoms with E-state index in [2.05, 4.69) is 31.0 Å². The van der Waals surface area contributed by atoms with E-state index in [0.717, 1.165) is 18.6 Å². The van der Waals surface area contributed by atoms with Gasteiger partial charge in [-0.25, -0.2) is 0 Å². The van der Waals surface area contributed by atoms with Crippen LogP contribution in [0.5, 0.6) is 0 Å². The van der Waals surface area contributed by atoms with Gasteiger partial charge in [-0.15, -0.1) is 0 Å². The maximum Gasteiger partial charge on any atom is 0.0249 e. The van der Waals surface area contributed by atoms with Gasteiger partial charge >= 0.3 is 0 Å². The van der Waals surface area contributed by atoms with Crippen LogP contribution < -0.4 is 5.32 Å². The lowest BCUT2D eigenvalue weighted by molar-refractivity contribution is 0.0556. The minimum atomic E-state index is 0.617. The Morgan fingerprint density at radius 2 is 1.65 bits per heavy atom. The van der Waals surface area contributed by atoms with Gasteiger partial charge in [0.05, 0.1) is 0 Å². The quantitative estimate of drug-likeness (QED) is 0.830. The van der Waals surface area contributed by atoms with Crippen molar-refractivity contribution in [1.82, 2.24) is 10.2 Å². The van der Waals surface area contributed by atoms with Crippen LogP contribution in [0, 0.1) is 5.41 Å². The molecule has 2 unspecified atom stereocenters. The molecule has 1 aliphatic carbocycles. The van der Waals surface area contributed by atoms with Crippen molar-refractivity contribution in [1.29, 1.82) is 0 Å². The third-order valence-electron chi connectivity index (χ3n) is 6.02. The highest BCUT2D eigenvalue weighted by Crippen LogP contribution is 2.36. The van der Waals surface area contributed by atoms with E-state index in [1.54, 1.807) is 0 Å². The first kappa shape index (κ1) is 16.3. The molecule has 0 spiro atoms. The Morgan fingerprint density at radius 1 is 1.00 bits per heavy atom. The Labute approximate surface area is 126 Å². The highest BCUT2D eigenvalue weighted by atomic mass is 15.2. The first-order valence-electron chi connectivity index (χ1n) is 9.16. The molecule has 0 aromatic heterocycles. The van der Waals surface area contributed by atoms with Crippen LogP contribution in [0.4, 0.5) is 0 Å². The Balaban J connectivity index is 1.96. The second-order valence-corrected chi connectivity index (χ2v) is 7.42. The number of nitrogens with one attached hydrogen (secondary N) is 1. The van der Waals surface area contributed by atoms with Gasteiger partial charge in [0.1, 0.15) is 0 Å². The number of hydrogen-bond donors (Lipinski definition) is 1. The fourth-order valence-electron chi connectivity index (χ4n) is 4.15. The van der Waals surface area contributed by atoms with Crippen molar-refractivity contribution < 1.29 is 0 Å². The third-order valence-corrected chi connectivity index (χ3v) is 6.02. The average Bonchev–Trinajstić information content (AvgIpc) is 2.44. The maximum atomic E-state index is 3.79. The zero-order chi connectivity index (χ0) is 14.4. The molecule has 2 nitrogen and oxygen atoms in total. The number of likely N-dealkylation sites (tertiary alicyclic amines) is 1. The van der Waals surface area contributed by atoms with Crippen molar-refractivity contribution in [2.24, 2.45) is 5.41 Å². The molecule has 20 heavy (non-hydrogen) atoms. The number of nitrogens with zero attached hydrogens (tertiary/aromatic N) is 1. The molecule has 2 rings (SSSR count). The molecule has 0 bridgehead atoms. The zero-order valence-corrected chi connectivity index (χ0v) is 14.1. The molecular formula is C18H36N2. The van der Waals surface area contributed by atoms with E-state index in [0.29, 0.717) is 5.41 Å². The molecule has 1 saturated carbocycles. The smallest absolute Gasteiger partial charge is 0.0249 e. The summed E-state index contributed by atoms with van der Waals surface area (Å²) in [4.78, 5) is 2.83. The van der Waals surface area contributed by atoms with Gasteiger partial charge in [0.15, 0.2) is 0 Å². The van der Waals surface area contributed by atoms with E-state index in [9.17, 15) is 0 Å². The molecule has 0 aromatic rings. The summed E-state index contributed by atoms with van der Waals surface area (Å²) in [7, 11) is 0. The second kappa shape index (κ2) is 7.79. The molecule has 1 N–H and O–H groups in total. The lowest BCUT2D eigenvalue weighted by atomic mass is 9.77. The summed E-state index contributed by atoms with van der Waals surface area (Å²) in [5.74, 6) is 0. The first-order valence-corrected chi connectivity index (χ1v) is 9.16. The summed E-state index contributed by atoms with van der Waals surface area (Å²) >= 11 is 0. The van der Waals surface area contributed by atoms with E-state index in [-0.39, 0.29) is 0 Å². The number of hydrogen-bond acceptors (Lipinski definition) is 2. The molecule has 2 fully saturated rings. The summed E-state index contributed by atoms with van der Waals surface area (Å²) in [6.07, 6.45) is 12.7. The van der Waals surface area contributed by atoms with Crippen molar-refractivity contribution >= 4 is 0 Å². The van der Waals surface area contributed by atoms with Crippen molar-refractivity contribution in [2.45, 2.75) is 90.6 Å². The van der Waals surface area contributed by atoms with Crippen molar-refractivity contribution in [3.63, 3.8) is 0 Å². The van der Waals surface area contributed by atoms with Crippen LogP contribution in [0.1, 0.15) is 78.6 Å². The zero-order valence-electron chi connectivity index (χ0n) is 14.1. The highest BCUT2D eigenvalue weighted by Gasteiger charge is 2.34. The molecule has 118 valence electrons. The average molecular weight is 281 g/mol. The van der Waals surface area contributed by atoms with Crippen LogP contribution in [0.3, 0.4) is 0 Å². The Bertz CT molecular complexity index is 269. The molecule has 1 saturated heterocycles. The SMILES string of the molecule is CCNC1CCCCCCC1N1CCC(C)(CC)CC1. The molecular weight excluding hydrogens is 244 g/mol. The topological polar surface area (TPSA) is 15.3 Å². The van der Waals surface area contributed by atoms with Gasteiger partial charge in [-0.1, -0.05) is 52.9 Å². The van der Waals surface area contributed by atoms with Gasteiger partial charge in [-0.05, 0) is 50.7 Å². The van der Waals surface area contributed by atoms with Crippen LogP contribution in [-0.2, 0) is 0 Å². The predicted molar refractivity (Wildman–Crippen MR) is 88.2 cm³/mol. The molecule has 2 aliphatic rings. The lowest BCUT2D eigenvalue weighted by Gasteiger charge is -2.45. The Kier molecular flexibility index (Phi) is 6.35. The highest BCUT2D eigenvalue weighted by molar-refractivity contribution is 4.90. The first-order chi connectivity index (χ1) is 9.68. The van der Waals surface area contributed by atoms with Crippen LogP contribution in [0.2, 0.25) is 0 Å². The van der Waals surface area contributed by atoms with Gasteiger partial charge in [-0.3, -0.25) is 4.90 Å². The van der Waals surface area contributed by atoms with Gasteiger partial charge in [-0.2, -0.15) is 0 Å². The fraction of sp³-hybridized carbons (Fsp3) is 1.00. The normalized spacial score (nSPS) is 32.5. The number of rotatable bonds is 4. The van der Waals surface area contributed by atoms with Crippen LogP contribution in [0.15, 0.2) is 0 Å².